The lowest BCUT2D eigenvalue weighted by molar-refractivity contribution is 0.532. The molecule has 13 heavy (non-hydrogen) atoms. The summed E-state index contributed by atoms with van der Waals surface area (Å²) in [5.74, 6) is 0. The van der Waals surface area contributed by atoms with Gasteiger partial charge in [0.15, 0.2) is 9.84 Å². The van der Waals surface area contributed by atoms with Crippen LogP contribution < -0.4 is 0 Å². The van der Waals surface area contributed by atoms with E-state index in [1.54, 1.807) is 0 Å². The van der Waals surface area contributed by atoms with E-state index in [4.69, 9.17) is 0 Å². The van der Waals surface area contributed by atoms with Crippen LogP contribution in [0.3, 0.4) is 0 Å². The molecule has 0 bridgehead atoms. The van der Waals surface area contributed by atoms with Gasteiger partial charge in [0.25, 0.3) is 0 Å². The third-order valence-electron chi connectivity index (χ3n) is 2.62. The van der Waals surface area contributed by atoms with Gasteiger partial charge in [0, 0.05) is 0 Å². The van der Waals surface area contributed by atoms with E-state index in [1.807, 2.05) is 0 Å². The van der Waals surface area contributed by atoms with Crippen LogP contribution in [0.1, 0.15) is 12.8 Å². The molecular weight excluding hydrogens is 208 g/mol. The van der Waals surface area contributed by atoms with E-state index in [1.165, 1.54) is 25.9 Å². The predicted octanol–water partition coefficient (Wildman–Crippen LogP) is 0.885. The molecule has 0 aliphatic carbocycles. The van der Waals surface area contributed by atoms with Gasteiger partial charge in [-0.1, -0.05) is 26.2 Å². The second kappa shape index (κ2) is 5.45. The zero-order valence-electron chi connectivity index (χ0n) is 9.43. The average molecular weight is 231 g/mol. The van der Waals surface area contributed by atoms with Crippen molar-refractivity contribution >= 4 is 27.8 Å². The summed E-state index contributed by atoms with van der Waals surface area (Å²) in [6, 6.07) is 0. The van der Waals surface area contributed by atoms with Crippen molar-refractivity contribution in [3.63, 3.8) is 0 Å². The number of hydrogen-bond acceptors (Lipinski definition) is 2. The Kier molecular flexibility index (Phi) is 4.88. The molecule has 0 N–H and O–H groups in total. The van der Waals surface area contributed by atoms with Crippen LogP contribution in [-0.2, 0) is 0 Å². The Hall–Kier alpha value is 0.571. The lowest BCUT2D eigenvalue weighted by Gasteiger charge is -2.32. The zero-order valence-corrected chi connectivity index (χ0v) is 12.8. The van der Waals surface area contributed by atoms with Gasteiger partial charge < -0.3 is 8.46 Å². The minimum absolute atomic E-state index is 0.0360. The normalized spacial score (nSPS) is 20.5. The Morgan fingerprint density at radius 3 is 1.85 bits per heavy atom. The van der Waals surface area contributed by atoms with Gasteiger partial charge in [0.05, 0.1) is 0 Å². The standard InChI is InChI=1S/C8H22N2Si3/c1-12(2)10(13(3)4)11-9-7-5-6-8-9/h5-8,11H2,1-4H3. The highest BCUT2D eigenvalue weighted by Crippen LogP contribution is 2.08. The first-order chi connectivity index (χ1) is 6.11. The smallest absolute Gasteiger partial charge is 0.159 e. The van der Waals surface area contributed by atoms with Crippen LogP contribution in [0.2, 0.25) is 26.2 Å². The largest absolute Gasteiger partial charge is 0.363 e. The molecule has 0 amide bonds. The maximum Gasteiger partial charge on any atom is 0.159 e. The number of rotatable bonds is 4. The molecular formula is C8H22N2Si3. The quantitative estimate of drug-likeness (QED) is 0.662. The van der Waals surface area contributed by atoms with Crippen LogP contribution in [0.5, 0.6) is 0 Å². The Morgan fingerprint density at radius 2 is 1.46 bits per heavy atom. The van der Waals surface area contributed by atoms with Crippen molar-refractivity contribution < 1.29 is 0 Å². The molecule has 1 rings (SSSR count). The summed E-state index contributed by atoms with van der Waals surface area (Å²) in [6.45, 7) is 12.6. The number of hydrogen-bond donors (Lipinski definition) is 0. The minimum atomic E-state index is -0.161. The van der Waals surface area contributed by atoms with Crippen LogP contribution in [0.25, 0.3) is 0 Å². The number of nitrogens with zero attached hydrogens (tertiary/aromatic N) is 2. The lowest BCUT2D eigenvalue weighted by atomic mass is 10.4. The van der Waals surface area contributed by atoms with Crippen molar-refractivity contribution in [3.05, 3.63) is 0 Å². The van der Waals surface area contributed by atoms with Crippen molar-refractivity contribution in [3.8, 4) is 0 Å². The van der Waals surface area contributed by atoms with Gasteiger partial charge in [-0.15, -0.1) is 0 Å². The summed E-state index contributed by atoms with van der Waals surface area (Å²) in [6.07, 6.45) is 2.90. The van der Waals surface area contributed by atoms with E-state index in [9.17, 15) is 0 Å². The molecule has 1 heterocycles. The molecule has 0 aromatic carbocycles. The Labute approximate surface area is 88.7 Å². The molecule has 1 fully saturated rings. The third kappa shape index (κ3) is 3.67. The summed E-state index contributed by atoms with van der Waals surface area (Å²) in [5.41, 5.74) is 0. The second-order valence-electron chi connectivity index (χ2n) is 4.29. The molecule has 1 saturated heterocycles. The summed E-state index contributed by atoms with van der Waals surface area (Å²) in [5, 5.41) is 0. The molecule has 0 aromatic rings. The van der Waals surface area contributed by atoms with Crippen molar-refractivity contribution in [2.75, 3.05) is 13.1 Å². The summed E-state index contributed by atoms with van der Waals surface area (Å²) in [7, 11) is -0.358. The first-order valence-corrected chi connectivity index (χ1v) is 11.4. The van der Waals surface area contributed by atoms with E-state index in [2.05, 4.69) is 34.7 Å². The van der Waals surface area contributed by atoms with Crippen LogP contribution in [-0.4, -0.2) is 49.3 Å². The zero-order chi connectivity index (χ0) is 9.84. The van der Waals surface area contributed by atoms with Gasteiger partial charge in [-0.2, -0.15) is 0 Å². The fraction of sp³-hybridized carbons (Fsp3) is 1.00. The second-order valence-corrected chi connectivity index (χ2v) is 12.7. The van der Waals surface area contributed by atoms with Gasteiger partial charge in [-0.05, 0) is 25.9 Å². The monoisotopic (exact) mass is 230 g/mol. The van der Waals surface area contributed by atoms with Crippen molar-refractivity contribution in [2.24, 2.45) is 0 Å². The fourth-order valence-electron chi connectivity index (χ4n) is 1.85. The minimum Gasteiger partial charge on any atom is -0.363 e. The van der Waals surface area contributed by atoms with Crippen molar-refractivity contribution in [2.45, 2.75) is 39.0 Å². The molecule has 2 nitrogen and oxygen atoms in total. The molecule has 0 atom stereocenters. The van der Waals surface area contributed by atoms with E-state index >= 15 is 0 Å². The van der Waals surface area contributed by atoms with Gasteiger partial charge >= 0.3 is 0 Å². The topological polar surface area (TPSA) is 6.48 Å². The highest BCUT2D eigenvalue weighted by Gasteiger charge is 2.21. The molecule has 76 valence electrons. The molecule has 0 aromatic heterocycles. The van der Waals surface area contributed by atoms with Gasteiger partial charge in [-0.3, -0.25) is 0 Å². The maximum atomic E-state index is 2.90. The molecule has 0 saturated carbocycles. The van der Waals surface area contributed by atoms with Crippen LogP contribution in [0.15, 0.2) is 0 Å². The summed E-state index contributed by atoms with van der Waals surface area (Å²) < 4.78 is 5.66. The average Bonchev–Trinajstić information content (AvgIpc) is 2.50. The molecule has 5 heteroatoms. The van der Waals surface area contributed by atoms with Crippen molar-refractivity contribution in [1.29, 1.82) is 0 Å². The van der Waals surface area contributed by atoms with E-state index in [0.29, 0.717) is 0 Å². The summed E-state index contributed by atoms with van der Waals surface area (Å²) >= 11 is 0. The van der Waals surface area contributed by atoms with E-state index in [-0.39, 0.29) is 27.8 Å². The predicted molar refractivity (Wildman–Crippen MR) is 66.2 cm³/mol. The molecule has 0 spiro atoms. The van der Waals surface area contributed by atoms with Gasteiger partial charge in [0.2, 0.25) is 0 Å². The summed E-state index contributed by atoms with van der Waals surface area (Å²) in [4.78, 5) is 0. The third-order valence-corrected chi connectivity index (χ3v) is 13.4. The van der Waals surface area contributed by atoms with Crippen LogP contribution in [0.4, 0.5) is 0 Å². The van der Waals surface area contributed by atoms with Crippen LogP contribution >= 0.6 is 0 Å². The van der Waals surface area contributed by atoms with Crippen molar-refractivity contribution in [1.82, 2.24) is 8.46 Å². The maximum absolute atomic E-state index is 2.90. The van der Waals surface area contributed by atoms with Gasteiger partial charge in [-0.25, -0.2) is 0 Å². The molecule has 2 radical (unpaired) electrons. The SMILES string of the molecule is C[Si](C)N([SiH2]N1CCCC1)[Si](C)C. The van der Waals surface area contributed by atoms with E-state index < -0.39 is 0 Å². The first kappa shape index (κ1) is 11.6. The lowest BCUT2D eigenvalue weighted by Crippen LogP contribution is -2.51. The Bertz CT molecular complexity index is 138. The molecule has 1 aliphatic rings. The first-order valence-electron chi connectivity index (χ1n) is 5.21. The highest BCUT2D eigenvalue weighted by molar-refractivity contribution is 6.79. The fourth-order valence-corrected chi connectivity index (χ4v) is 10.0. The van der Waals surface area contributed by atoms with Crippen LogP contribution in [0, 0.1) is 0 Å². The molecule has 0 unspecified atom stereocenters. The highest BCUT2D eigenvalue weighted by atomic mass is 28.4. The Balaban J connectivity index is 2.37. The molecule has 1 aliphatic heterocycles. The Morgan fingerprint density at radius 1 is 1.00 bits per heavy atom. The van der Waals surface area contributed by atoms with E-state index in [0.717, 1.165) is 0 Å². The van der Waals surface area contributed by atoms with Gasteiger partial charge in [0.1, 0.15) is 17.9 Å².